The SMILES string of the molecule is CCC(C)(C)NC(=O)c1sc2nc(N)c(C#N)c(-c3ccc(C(C)C)cc3)c2c1N. The van der Waals surface area contributed by atoms with E-state index >= 15 is 0 Å². The fraction of sp³-hybridized carbons (Fsp3) is 0.348. The monoisotopic (exact) mass is 421 g/mol. The van der Waals surface area contributed by atoms with Crippen LogP contribution in [0.4, 0.5) is 11.5 Å². The number of nitrogen functional groups attached to an aromatic ring is 2. The van der Waals surface area contributed by atoms with Crippen molar-refractivity contribution in [3.8, 4) is 17.2 Å². The molecule has 2 aromatic heterocycles. The molecule has 3 aromatic rings. The van der Waals surface area contributed by atoms with Gasteiger partial charge in [0.2, 0.25) is 0 Å². The third-order valence-corrected chi connectivity index (χ3v) is 6.52. The zero-order chi connectivity index (χ0) is 22.2. The molecule has 0 unspecified atom stereocenters. The van der Waals surface area contributed by atoms with E-state index in [2.05, 4.69) is 30.2 Å². The largest absolute Gasteiger partial charge is 0.397 e. The van der Waals surface area contributed by atoms with Crippen LogP contribution < -0.4 is 16.8 Å². The van der Waals surface area contributed by atoms with Crippen LogP contribution in [0.25, 0.3) is 21.3 Å². The molecule has 0 atom stereocenters. The summed E-state index contributed by atoms with van der Waals surface area (Å²) in [5, 5.41) is 13.4. The molecule has 156 valence electrons. The van der Waals surface area contributed by atoms with Crippen LogP contribution in [0.1, 0.15) is 67.8 Å². The second-order valence-electron chi connectivity index (χ2n) is 8.35. The number of pyridine rings is 1. The molecule has 0 fully saturated rings. The molecule has 0 aliphatic rings. The Hall–Kier alpha value is -3.11. The Morgan fingerprint density at radius 1 is 1.27 bits per heavy atom. The van der Waals surface area contributed by atoms with Gasteiger partial charge in [-0.1, -0.05) is 45.0 Å². The number of nitrogens with one attached hydrogen (secondary N) is 1. The van der Waals surface area contributed by atoms with Gasteiger partial charge in [0.15, 0.2) is 0 Å². The van der Waals surface area contributed by atoms with Crippen LogP contribution in [0.15, 0.2) is 24.3 Å². The van der Waals surface area contributed by atoms with Crippen molar-refractivity contribution in [2.75, 3.05) is 11.5 Å². The molecule has 0 aliphatic carbocycles. The second kappa shape index (κ2) is 7.96. The Balaban J connectivity index is 2.24. The predicted molar refractivity (Wildman–Crippen MR) is 125 cm³/mol. The lowest BCUT2D eigenvalue weighted by Crippen LogP contribution is -2.42. The van der Waals surface area contributed by atoms with Crippen molar-refractivity contribution in [1.29, 1.82) is 5.26 Å². The lowest BCUT2D eigenvalue weighted by molar-refractivity contribution is 0.0916. The van der Waals surface area contributed by atoms with Crippen molar-refractivity contribution in [3.63, 3.8) is 0 Å². The molecule has 1 aromatic carbocycles. The van der Waals surface area contributed by atoms with Gasteiger partial charge in [0, 0.05) is 16.5 Å². The van der Waals surface area contributed by atoms with E-state index in [1.54, 1.807) is 0 Å². The fourth-order valence-corrected chi connectivity index (χ4v) is 4.23. The van der Waals surface area contributed by atoms with Gasteiger partial charge in [0.1, 0.15) is 27.2 Å². The Morgan fingerprint density at radius 2 is 1.90 bits per heavy atom. The highest BCUT2D eigenvalue weighted by atomic mass is 32.1. The zero-order valence-electron chi connectivity index (χ0n) is 18.0. The lowest BCUT2D eigenvalue weighted by Gasteiger charge is -2.24. The maximum Gasteiger partial charge on any atom is 0.263 e. The van der Waals surface area contributed by atoms with Crippen molar-refractivity contribution in [2.24, 2.45) is 0 Å². The third kappa shape index (κ3) is 3.83. The molecule has 2 heterocycles. The van der Waals surface area contributed by atoms with Crippen molar-refractivity contribution >= 4 is 39.0 Å². The van der Waals surface area contributed by atoms with Crippen LogP contribution in [-0.2, 0) is 0 Å². The standard InChI is InChI=1S/C23H27N5OS/c1-6-23(4,5)28-21(29)19-18(25)17-16(14-9-7-13(8-10-14)12(2)3)15(11-24)20(26)27-22(17)30-19/h7-10,12H,6,25H2,1-5H3,(H2,26,27)(H,28,29). The number of nitrogens with zero attached hydrogens (tertiary/aromatic N) is 2. The summed E-state index contributed by atoms with van der Waals surface area (Å²) in [5.74, 6) is 0.274. The van der Waals surface area contributed by atoms with E-state index in [9.17, 15) is 10.1 Å². The number of hydrogen-bond donors (Lipinski definition) is 3. The molecule has 0 spiro atoms. The summed E-state index contributed by atoms with van der Waals surface area (Å²) >= 11 is 1.20. The van der Waals surface area contributed by atoms with Gasteiger partial charge in [-0.2, -0.15) is 5.26 Å². The first-order valence-electron chi connectivity index (χ1n) is 9.94. The number of carbonyl (C=O) groups excluding carboxylic acids is 1. The number of amides is 1. The third-order valence-electron chi connectivity index (χ3n) is 5.42. The highest BCUT2D eigenvalue weighted by Gasteiger charge is 2.26. The van der Waals surface area contributed by atoms with Crippen molar-refractivity contribution < 1.29 is 4.79 Å². The summed E-state index contributed by atoms with van der Waals surface area (Å²) in [6.07, 6.45) is 0.779. The molecular formula is C23H27N5OS. The van der Waals surface area contributed by atoms with Gasteiger partial charge in [-0.05, 0) is 37.3 Å². The molecular weight excluding hydrogens is 394 g/mol. The summed E-state index contributed by atoms with van der Waals surface area (Å²) in [7, 11) is 0. The predicted octanol–water partition coefficient (Wildman–Crippen LogP) is 5.04. The number of aromatic nitrogens is 1. The maximum atomic E-state index is 12.9. The van der Waals surface area contributed by atoms with E-state index in [0.717, 1.165) is 12.0 Å². The first-order valence-corrected chi connectivity index (χ1v) is 10.8. The molecule has 0 radical (unpaired) electrons. The minimum absolute atomic E-state index is 0.134. The maximum absolute atomic E-state index is 12.9. The molecule has 6 nitrogen and oxygen atoms in total. The highest BCUT2D eigenvalue weighted by molar-refractivity contribution is 7.21. The van der Waals surface area contributed by atoms with Gasteiger partial charge in [0.25, 0.3) is 5.91 Å². The number of fused-ring (bicyclic) bond motifs is 1. The van der Waals surface area contributed by atoms with E-state index in [1.807, 2.05) is 45.0 Å². The van der Waals surface area contributed by atoms with Crippen LogP contribution in [0.3, 0.4) is 0 Å². The lowest BCUT2D eigenvalue weighted by atomic mass is 9.94. The van der Waals surface area contributed by atoms with Crippen LogP contribution in [-0.4, -0.2) is 16.4 Å². The molecule has 30 heavy (non-hydrogen) atoms. The van der Waals surface area contributed by atoms with Crippen LogP contribution >= 0.6 is 11.3 Å². The van der Waals surface area contributed by atoms with Gasteiger partial charge in [-0.3, -0.25) is 4.79 Å². The highest BCUT2D eigenvalue weighted by Crippen LogP contribution is 2.42. The number of rotatable bonds is 5. The summed E-state index contributed by atoms with van der Waals surface area (Å²) in [6.45, 7) is 10.2. The Morgan fingerprint density at radius 3 is 2.43 bits per heavy atom. The Kier molecular flexibility index (Phi) is 5.73. The van der Waals surface area contributed by atoms with Crippen molar-refractivity contribution in [2.45, 2.75) is 52.5 Å². The van der Waals surface area contributed by atoms with Gasteiger partial charge in [-0.15, -0.1) is 11.3 Å². The van der Waals surface area contributed by atoms with E-state index in [4.69, 9.17) is 11.5 Å². The minimum atomic E-state index is -0.362. The number of anilines is 2. The number of thiophene rings is 1. The van der Waals surface area contributed by atoms with E-state index in [1.165, 1.54) is 16.9 Å². The summed E-state index contributed by atoms with van der Waals surface area (Å²) in [4.78, 5) is 18.2. The molecule has 3 rings (SSSR count). The number of benzene rings is 1. The molecule has 5 N–H and O–H groups in total. The molecule has 0 saturated heterocycles. The Bertz CT molecular complexity index is 1150. The first-order chi connectivity index (χ1) is 14.1. The van der Waals surface area contributed by atoms with E-state index < -0.39 is 0 Å². The number of hydrogen-bond acceptors (Lipinski definition) is 6. The average molecular weight is 422 g/mol. The van der Waals surface area contributed by atoms with E-state index in [0.29, 0.717) is 32.3 Å². The molecule has 1 amide bonds. The van der Waals surface area contributed by atoms with Gasteiger partial charge in [0.05, 0.1) is 5.69 Å². The molecule has 7 heteroatoms. The van der Waals surface area contributed by atoms with E-state index in [-0.39, 0.29) is 22.8 Å². The minimum Gasteiger partial charge on any atom is -0.397 e. The second-order valence-corrected chi connectivity index (χ2v) is 9.35. The van der Waals surface area contributed by atoms with Crippen LogP contribution in [0.5, 0.6) is 0 Å². The number of nitriles is 1. The fourth-order valence-electron chi connectivity index (χ4n) is 3.23. The van der Waals surface area contributed by atoms with Gasteiger partial charge >= 0.3 is 0 Å². The summed E-state index contributed by atoms with van der Waals surface area (Å²) in [6, 6.07) is 10.1. The molecule has 0 aliphatic heterocycles. The van der Waals surface area contributed by atoms with Crippen LogP contribution in [0.2, 0.25) is 0 Å². The molecule has 0 bridgehead atoms. The van der Waals surface area contributed by atoms with Crippen LogP contribution in [0, 0.1) is 11.3 Å². The van der Waals surface area contributed by atoms with Gasteiger partial charge < -0.3 is 16.8 Å². The van der Waals surface area contributed by atoms with Crippen molar-refractivity contribution in [1.82, 2.24) is 10.3 Å². The van der Waals surface area contributed by atoms with Crippen molar-refractivity contribution in [3.05, 3.63) is 40.3 Å². The summed E-state index contributed by atoms with van der Waals surface area (Å²) < 4.78 is 0. The smallest absolute Gasteiger partial charge is 0.263 e. The summed E-state index contributed by atoms with van der Waals surface area (Å²) in [5.41, 5.74) is 15.4. The number of nitrogens with two attached hydrogens (primary N) is 2. The van der Waals surface area contributed by atoms with Gasteiger partial charge in [-0.25, -0.2) is 4.98 Å². The first kappa shape index (κ1) is 21.6. The quantitative estimate of drug-likeness (QED) is 0.533. The zero-order valence-corrected chi connectivity index (χ0v) is 18.8. The molecule has 0 saturated carbocycles. The topological polar surface area (TPSA) is 118 Å². The Labute approximate surface area is 180 Å². The normalized spacial score (nSPS) is 11.6. The average Bonchev–Trinajstić information content (AvgIpc) is 3.02. The number of carbonyl (C=O) groups is 1.